The lowest BCUT2D eigenvalue weighted by Gasteiger charge is -2.19. The van der Waals surface area contributed by atoms with Crippen molar-refractivity contribution in [2.24, 2.45) is 0 Å². The third-order valence-electron chi connectivity index (χ3n) is 4.31. The smallest absolute Gasteiger partial charge is 0.213 e. The van der Waals surface area contributed by atoms with Gasteiger partial charge in [-0.3, -0.25) is 4.90 Å². The zero-order chi connectivity index (χ0) is 17.1. The van der Waals surface area contributed by atoms with Crippen molar-refractivity contribution < 1.29 is 4.74 Å². The first kappa shape index (κ1) is 16.2. The van der Waals surface area contributed by atoms with Crippen LogP contribution in [0.4, 0.5) is 0 Å². The molecule has 0 aromatic carbocycles. The molecule has 0 unspecified atom stereocenters. The van der Waals surface area contributed by atoms with Gasteiger partial charge in [-0.1, -0.05) is 11.3 Å². The number of rotatable bonds is 5. The van der Waals surface area contributed by atoms with Crippen molar-refractivity contribution in [3.63, 3.8) is 0 Å². The Bertz CT molecular complexity index is 829. The van der Waals surface area contributed by atoms with Crippen LogP contribution in [-0.4, -0.2) is 31.4 Å². The van der Waals surface area contributed by atoms with Gasteiger partial charge in [0.15, 0.2) is 0 Å². The summed E-state index contributed by atoms with van der Waals surface area (Å²) in [6.45, 7) is 6.36. The van der Waals surface area contributed by atoms with Crippen molar-refractivity contribution in [1.29, 1.82) is 0 Å². The minimum atomic E-state index is 0.401. The van der Waals surface area contributed by atoms with E-state index in [1.165, 1.54) is 9.75 Å². The van der Waals surface area contributed by atoms with Crippen molar-refractivity contribution in [2.45, 2.75) is 39.6 Å². The standard InChI is InChI=1S/C18H21N5OS/c1-14-6-7-15(25-14)11-22-9-4-10-23-17(12-22)16(20-21-23)13-24-18-5-2-3-8-19-18/h2-3,5-8H,4,9-13H2,1H3. The summed E-state index contributed by atoms with van der Waals surface area (Å²) in [5.41, 5.74) is 2.06. The summed E-state index contributed by atoms with van der Waals surface area (Å²) in [5.74, 6) is 0.615. The van der Waals surface area contributed by atoms with Gasteiger partial charge >= 0.3 is 0 Å². The van der Waals surface area contributed by atoms with E-state index >= 15 is 0 Å². The van der Waals surface area contributed by atoms with E-state index in [1.807, 2.05) is 34.2 Å². The Kier molecular flexibility index (Phi) is 4.76. The van der Waals surface area contributed by atoms with Gasteiger partial charge in [-0.25, -0.2) is 9.67 Å². The minimum absolute atomic E-state index is 0.401. The van der Waals surface area contributed by atoms with Crippen LogP contribution in [0.3, 0.4) is 0 Å². The minimum Gasteiger partial charge on any atom is -0.471 e. The third-order valence-corrected chi connectivity index (χ3v) is 5.29. The second-order valence-electron chi connectivity index (χ2n) is 6.24. The lowest BCUT2D eigenvalue weighted by Crippen LogP contribution is -2.23. The van der Waals surface area contributed by atoms with Gasteiger partial charge in [0, 0.05) is 48.2 Å². The number of hydrogen-bond acceptors (Lipinski definition) is 6. The van der Waals surface area contributed by atoms with Gasteiger partial charge in [0.1, 0.15) is 12.3 Å². The predicted molar refractivity (Wildman–Crippen MR) is 96.4 cm³/mol. The highest BCUT2D eigenvalue weighted by atomic mass is 32.1. The monoisotopic (exact) mass is 355 g/mol. The van der Waals surface area contributed by atoms with E-state index in [2.05, 4.69) is 39.3 Å². The Balaban J connectivity index is 1.47. The highest BCUT2D eigenvalue weighted by Gasteiger charge is 2.21. The quantitative estimate of drug-likeness (QED) is 0.704. The number of nitrogens with zero attached hydrogens (tertiary/aromatic N) is 5. The number of fused-ring (bicyclic) bond motifs is 1. The molecule has 1 aliphatic rings. The van der Waals surface area contributed by atoms with E-state index in [0.717, 1.165) is 44.0 Å². The van der Waals surface area contributed by atoms with Crippen molar-refractivity contribution in [3.8, 4) is 5.88 Å². The summed E-state index contributed by atoms with van der Waals surface area (Å²) >= 11 is 1.87. The summed E-state index contributed by atoms with van der Waals surface area (Å²) in [6, 6.07) is 10.1. The second-order valence-corrected chi connectivity index (χ2v) is 7.61. The molecule has 0 saturated heterocycles. The number of aromatic nitrogens is 4. The fourth-order valence-electron chi connectivity index (χ4n) is 3.07. The summed E-state index contributed by atoms with van der Waals surface area (Å²) in [7, 11) is 0. The molecule has 0 aliphatic carbocycles. The third kappa shape index (κ3) is 3.88. The zero-order valence-electron chi connectivity index (χ0n) is 14.3. The van der Waals surface area contributed by atoms with Gasteiger partial charge in [-0.05, 0) is 31.5 Å². The molecule has 0 amide bonds. The van der Waals surface area contributed by atoms with Crippen LogP contribution in [0.2, 0.25) is 0 Å². The van der Waals surface area contributed by atoms with Gasteiger partial charge in [0.05, 0.1) is 5.69 Å². The van der Waals surface area contributed by atoms with E-state index in [4.69, 9.17) is 4.74 Å². The molecule has 0 radical (unpaired) electrons. The molecule has 1 aliphatic heterocycles. The molecule has 3 aromatic rings. The molecule has 130 valence electrons. The molecule has 3 aromatic heterocycles. The van der Waals surface area contributed by atoms with Crippen LogP contribution in [0.15, 0.2) is 36.5 Å². The molecule has 0 bridgehead atoms. The van der Waals surface area contributed by atoms with Crippen molar-refractivity contribution in [3.05, 3.63) is 57.7 Å². The maximum Gasteiger partial charge on any atom is 0.213 e. The topological polar surface area (TPSA) is 56.1 Å². The van der Waals surface area contributed by atoms with Crippen molar-refractivity contribution in [1.82, 2.24) is 24.9 Å². The fourth-order valence-corrected chi connectivity index (χ4v) is 4.00. The van der Waals surface area contributed by atoms with E-state index in [-0.39, 0.29) is 0 Å². The number of thiophene rings is 1. The van der Waals surface area contributed by atoms with Crippen LogP contribution >= 0.6 is 11.3 Å². The number of hydrogen-bond donors (Lipinski definition) is 0. The molecular formula is C18H21N5OS. The zero-order valence-corrected chi connectivity index (χ0v) is 15.1. The molecule has 7 heteroatoms. The van der Waals surface area contributed by atoms with Gasteiger partial charge in [-0.2, -0.15) is 0 Å². The highest BCUT2D eigenvalue weighted by Crippen LogP contribution is 2.21. The van der Waals surface area contributed by atoms with E-state index in [9.17, 15) is 0 Å². The first-order valence-corrected chi connectivity index (χ1v) is 9.32. The van der Waals surface area contributed by atoms with Crippen molar-refractivity contribution >= 4 is 11.3 Å². The Hall–Kier alpha value is -2.25. The van der Waals surface area contributed by atoms with Crippen molar-refractivity contribution in [2.75, 3.05) is 6.54 Å². The van der Waals surface area contributed by atoms with Crippen LogP contribution in [0, 0.1) is 6.92 Å². The SMILES string of the molecule is Cc1ccc(CN2CCCn3nnc(COc4ccccn4)c3C2)s1. The van der Waals surface area contributed by atoms with Crippen LogP contribution < -0.4 is 4.74 Å². The summed E-state index contributed by atoms with van der Waals surface area (Å²) in [5, 5.41) is 8.65. The maximum atomic E-state index is 5.77. The lowest BCUT2D eigenvalue weighted by molar-refractivity contribution is 0.255. The highest BCUT2D eigenvalue weighted by molar-refractivity contribution is 7.11. The predicted octanol–water partition coefficient (Wildman–Crippen LogP) is 3.03. The average Bonchev–Trinajstić information content (AvgIpc) is 3.14. The van der Waals surface area contributed by atoms with Crippen LogP contribution in [0.5, 0.6) is 5.88 Å². The first-order valence-electron chi connectivity index (χ1n) is 8.50. The second kappa shape index (κ2) is 7.33. The molecular weight excluding hydrogens is 334 g/mol. The molecule has 0 saturated carbocycles. The van der Waals surface area contributed by atoms with Gasteiger partial charge in [0.2, 0.25) is 5.88 Å². The number of aryl methyl sites for hydroxylation is 2. The Labute approximate surface area is 151 Å². The Morgan fingerprint density at radius 2 is 2.16 bits per heavy atom. The molecule has 0 fully saturated rings. The number of pyridine rings is 1. The summed E-state index contributed by atoms with van der Waals surface area (Å²) < 4.78 is 7.80. The largest absolute Gasteiger partial charge is 0.471 e. The molecule has 4 heterocycles. The number of ether oxygens (including phenoxy) is 1. The normalized spacial score (nSPS) is 14.9. The van der Waals surface area contributed by atoms with E-state index in [1.54, 1.807) is 6.20 Å². The van der Waals surface area contributed by atoms with Crippen LogP contribution in [0.1, 0.15) is 27.6 Å². The van der Waals surface area contributed by atoms with Gasteiger partial charge in [-0.15, -0.1) is 16.4 Å². The molecule has 25 heavy (non-hydrogen) atoms. The molecule has 4 rings (SSSR count). The molecule has 6 nitrogen and oxygen atoms in total. The lowest BCUT2D eigenvalue weighted by atomic mass is 10.3. The average molecular weight is 355 g/mol. The Morgan fingerprint density at radius 3 is 2.96 bits per heavy atom. The van der Waals surface area contributed by atoms with Gasteiger partial charge in [0.25, 0.3) is 0 Å². The van der Waals surface area contributed by atoms with E-state index in [0.29, 0.717) is 12.5 Å². The Morgan fingerprint density at radius 1 is 1.20 bits per heavy atom. The molecule has 0 N–H and O–H groups in total. The van der Waals surface area contributed by atoms with Gasteiger partial charge < -0.3 is 4.74 Å². The summed E-state index contributed by atoms with van der Waals surface area (Å²) in [4.78, 5) is 9.43. The summed E-state index contributed by atoms with van der Waals surface area (Å²) in [6.07, 6.45) is 2.81. The fraction of sp³-hybridized carbons (Fsp3) is 0.389. The van der Waals surface area contributed by atoms with E-state index < -0.39 is 0 Å². The maximum absolute atomic E-state index is 5.77. The van der Waals surface area contributed by atoms with Crippen LogP contribution in [-0.2, 0) is 26.2 Å². The first-order chi connectivity index (χ1) is 12.3. The van der Waals surface area contributed by atoms with Crippen LogP contribution in [0.25, 0.3) is 0 Å². The molecule has 0 spiro atoms. The molecule has 0 atom stereocenters.